The van der Waals surface area contributed by atoms with E-state index in [1.165, 1.54) is 0 Å². The zero-order valence-corrected chi connectivity index (χ0v) is 12.6. The average Bonchev–Trinajstić information content (AvgIpc) is 2.38. The Balaban J connectivity index is 2.43. The summed E-state index contributed by atoms with van der Waals surface area (Å²) >= 11 is 0. The van der Waals surface area contributed by atoms with E-state index in [1.807, 2.05) is 13.8 Å². The zero-order chi connectivity index (χ0) is 15.1. The number of hydrogen-bond donors (Lipinski definition) is 2. The summed E-state index contributed by atoms with van der Waals surface area (Å²) in [4.78, 5) is 24.7. The molecule has 6 heteroatoms. The minimum absolute atomic E-state index is 0.0381. The molecule has 2 amide bonds. The van der Waals surface area contributed by atoms with Crippen molar-refractivity contribution in [2.45, 2.75) is 39.2 Å². The molecule has 116 valence electrons. The van der Waals surface area contributed by atoms with E-state index in [9.17, 15) is 9.59 Å². The molecule has 0 radical (unpaired) electrons. The van der Waals surface area contributed by atoms with Gasteiger partial charge in [-0.2, -0.15) is 0 Å². The lowest BCUT2D eigenvalue weighted by Crippen LogP contribution is -2.50. The number of hydrogen-bond acceptors (Lipinski definition) is 3. The normalized spacial score (nSPS) is 18.1. The molecule has 0 bridgehead atoms. The van der Waals surface area contributed by atoms with E-state index in [1.54, 1.807) is 12.0 Å². The Kier molecular flexibility index (Phi) is 6.78. The number of urea groups is 1. The van der Waals surface area contributed by atoms with Crippen molar-refractivity contribution < 1.29 is 19.4 Å². The number of aliphatic carboxylic acids is 1. The predicted molar refractivity (Wildman–Crippen MR) is 75.6 cm³/mol. The van der Waals surface area contributed by atoms with Crippen LogP contribution in [0.25, 0.3) is 0 Å². The molecule has 0 saturated carbocycles. The van der Waals surface area contributed by atoms with Crippen molar-refractivity contribution in [3.05, 3.63) is 0 Å². The van der Waals surface area contributed by atoms with Crippen molar-refractivity contribution in [2.75, 3.05) is 26.8 Å². The van der Waals surface area contributed by atoms with Crippen LogP contribution in [-0.4, -0.2) is 54.9 Å². The smallest absolute Gasteiger partial charge is 0.317 e. The summed E-state index contributed by atoms with van der Waals surface area (Å²) < 4.78 is 5.13. The van der Waals surface area contributed by atoms with Gasteiger partial charge >= 0.3 is 12.0 Å². The van der Waals surface area contributed by atoms with E-state index >= 15 is 0 Å². The summed E-state index contributed by atoms with van der Waals surface area (Å²) in [6.45, 7) is 5.98. The first-order chi connectivity index (χ1) is 9.43. The van der Waals surface area contributed by atoms with Gasteiger partial charge in [-0.3, -0.25) is 4.79 Å². The molecule has 2 N–H and O–H groups in total. The Morgan fingerprint density at radius 2 is 1.95 bits per heavy atom. The molecule has 6 nitrogen and oxygen atoms in total. The molecule has 1 aliphatic heterocycles. The van der Waals surface area contributed by atoms with Crippen LogP contribution in [0.1, 0.15) is 33.1 Å². The standard InChI is InChI=1S/C14H26N2O4/c1-10(2)12(8-13(17)18)15-14(19)16-6-4-11(5-7-16)9-20-3/h10-12H,4-9H2,1-3H3,(H,15,19)(H,17,18). The number of carbonyl (C=O) groups excluding carboxylic acids is 1. The number of methoxy groups -OCH3 is 1. The number of likely N-dealkylation sites (tertiary alicyclic amines) is 1. The highest BCUT2D eigenvalue weighted by Gasteiger charge is 2.26. The van der Waals surface area contributed by atoms with Crippen LogP contribution in [0, 0.1) is 11.8 Å². The fraction of sp³-hybridized carbons (Fsp3) is 0.857. The first-order valence-corrected chi connectivity index (χ1v) is 7.20. The van der Waals surface area contributed by atoms with Crippen molar-refractivity contribution in [3.63, 3.8) is 0 Å². The van der Waals surface area contributed by atoms with Crippen molar-refractivity contribution in [1.29, 1.82) is 0 Å². The second-order valence-corrected chi connectivity index (χ2v) is 5.78. The summed E-state index contributed by atoms with van der Waals surface area (Å²) in [6, 6.07) is -0.475. The van der Waals surface area contributed by atoms with E-state index in [0.29, 0.717) is 19.0 Å². The van der Waals surface area contributed by atoms with Gasteiger partial charge in [0, 0.05) is 32.8 Å². The lowest BCUT2D eigenvalue weighted by Gasteiger charge is -2.33. The number of carboxylic acid groups (broad SMARTS) is 1. The van der Waals surface area contributed by atoms with Gasteiger partial charge in [-0.1, -0.05) is 13.8 Å². The number of rotatable bonds is 6. The maximum Gasteiger partial charge on any atom is 0.317 e. The maximum absolute atomic E-state index is 12.1. The summed E-state index contributed by atoms with van der Waals surface area (Å²) in [7, 11) is 1.69. The lowest BCUT2D eigenvalue weighted by molar-refractivity contribution is -0.137. The van der Waals surface area contributed by atoms with Crippen LogP contribution < -0.4 is 5.32 Å². The third-order valence-electron chi connectivity index (χ3n) is 3.81. The second-order valence-electron chi connectivity index (χ2n) is 5.78. The highest BCUT2D eigenvalue weighted by molar-refractivity contribution is 5.76. The van der Waals surface area contributed by atoms with E-state index < -0.39 is 5.97 Å². The third-order valence-corrected chi connectivity index (χ3v) is 3.81. The Morgan fingerprint density at radius 1 is 1.35 bits per heavy atom. The molecular formula is C14H26N2O4. The molecule has 0 aromatic heterocycles. The number of piperidine rings is 1. The molecule has 1 atom stereocenters. The molecule has 1 rings (SSSR count). The number of carboxylic acids is 1. The Hall–Kier alpha value is -1.30. The zero-order valence-electron chi connectivity index (χ0n) is 12.6. The van der Waals surface area contributed by atoms with Crippen molar-refractivity contribution >= 4 is 12.0 Å². The first-order valence-electron chi connectivity index (χ1n) is 7.20. The summed E-state index contributed by atoms with van der Waals surface area (Å²) in [5.74, 6) is -0.271. The minimum atomic E-state index is -0.886. The van der Waals surface area contributed by atoms with Gasteiger partial charge in [0.15, 0.2) is 0 Å². The quantitative estimate of drug-likeness (QED) is 0.776. The fourth-order valence-electron chi connectivity index (χ4n) is 2.43. The lowest BCUT2D eigenvalue weighted by atomic mass is 9.98. The van der Waals surface area contributed by atoms with Crippen molar-refractivity contribution in [1.82, 2.24) is 10.2 Å². The van der Waals surface area contributed by atoms with E-state index in [4.69, 9.17) is 9.84 Å². The molecule has 1 unspecified atom stereocenters. The fourth-order valence-corrected chi connectivity index (χ4v) is 2.43. The van der Waals surface area contributed by atoms with Crippen LogP contribution >= 0.6 is 0 Å². The molecule has 1 heterocycles. The number of carbonyl (C=O) groups is 2. The Labute approximate surface area is 120 Å². The molecule has 0 spiro atoms. The highest BCUT2D eigenvalue weighted by Crippen LogP contribution is 2.17. The number of amides is 2. The number of nitrogens with zero attached hydrogens (tertiary/aromatic N) is 1. The van der Waals surface area contributed by atoms with Gasteiger partial charge in [0.25, 0.3) is 0 Å². The molecule has 0 aromatic rings. The maximum atomic E-state index is 12.1. The molecular weight excluding hydrogens is 260 g/mol. The molecule has 1 saturated heterocycles. The van der Waals surface area contributed by atoms with Gasteiger partial charge in [0.1, 0.15) is 0 Å². The molecule has 1 fully saturated rings. The van der Waals surface area contributed by atoms with Gasteiger partial charge < -0.3 is 20.1 Å². The van der Waals surface area contributed by atoms with Crippen molar-refractivity contribution in [3.8, 4) is 0 Å². The van der Waals surface area contributed by atoms with E-state index in [2.05, 4.69) is 5.32 Å². The van der Waals surface area contributed by atoms with Crippen LogP contribution in [0.4, 0.5) is 4.79 Å². The molecule has 0 aromatic carbocycles. The van der Waals surface area contributed by atoms with Crippen LogP contribution in [-0.2, 0) is 9.53 Å². The number of nitrogens with one attached hydrogen (secondary N) is 1. The topological polar surface area (TPSA) is 78.9 Å². The van der Waals surface area contributed by atoms with E-state index in [0.717, 1.165) is 19.4 Å². The van der Waals surface area contributed by atoms with E-state index in [-0.39, 0.29) is 24.4 Å². The van der Waals surface area contributed by atoms with Crippen molar-refractivity contribution in [2.24, 2.45) is 11.8 Å². The molecule has 20 heavy (non-hydrogen) atoms. The van der Waals surface area contributed by atoms with Crippen LogP contribution in [0.15, 0.2) is 0 Å². The van der Waals surface area contributed by atoms with Crippen LogP contribution in [0.5, 0.6) is 0 Å². The first kappa shape index (κ1) is 16.8. The minimum Gasteiger partial charge on any atom is -0.481 e. The summed E-state index contributed by atoms with van der Waals surface area (Å²) in [6.07, 6.45) is 1.84. The van der Waals surface area contributed by atoms with Gasteiger partial charge in [-0.05, 0) is 24.7 Å². The average molecular weight is 286 g/mol. The predicted octanol–water partition coefficient (Wildman–Crippen LogP) is 1.55. The third kappa shape index (κ3) is 5.36. The monoisotopic (exact) mass is 286 g/mol. The number of ether oxygens (including phenoxy) is 1. The molecule has 0 aliphatic carbocycles. The highest BCUT2D eigenvalue weighted by atomic mass is 16.5. The molecule has 1 aliphatic rings. The van der Waals surface area contributed by atoms with Crippen LogP contribution in [0.2, 0.25) is 0 Å². The summed E-state index contributed by atoms with van der Waals surface area (Å²) in [5.41, 5.74) is 0. The SMILES string of the molecule is COCC1CCN(C(=O)NC(CC(=O)O)C(C)C)CC1. The largest absolute Gasteiger partial charge is 0.481 e. The Bertz CT molecular complexity index is 325. The van der Waals surface area contributed by atoms with Gasteiger partial charge in [0.2, 0.25) is 0 Å². The Morgan fingerprint density at radius 3 is 2.40 bits per heavy atom. The summed E-state index contributed by atoms with van der Waals surface area (Å²) in [5, 5.41) is 11.7. The van der Waals surface area contributed by atoms with Gasteiger partial charge in [0.05, 0.1) is 6.42 Å². The van der Waals surface area contributed by atoms with Crippen LogP contribution in [0.3, 0.4) is 0 Å². The second kappa shape index (κ2) is 8.09. The van der Waals surface area contributed by atoms with Gasteiger partial charge in [-0.25, -0.2) is 4.79 Å². The van der Waals surface area contributed by atoms with Gasteiger partial charge in [-0.15, -0.1) is 0 Å².